The molecule has 1 unspecified atom stereocenters. The molecule has 98 valence electrons. The summed E-state index contributed by atoms with van der Waals surface area (Å²) in [5.74, 6) is 0.922. The number of methoxy groups -OCH3 is 1. The smallest absolute Gasteiger partial charge is 0.273 e. The Bertz CT molecular complexity index is 443. The summed E-state index contributed by atoms with van der Waals surface area (Å²) >= 11 is 0. The number of nitrogens with zero attached hydrogens (tertiary/aromatic N) is 1. The number of non-ortho nitro benzene ring substituents is 1. The maximum absolute atomic E-state index is 10.8. The normalized spacial score (nSPS) is 16.3. The minimum Gasteiger partial charge on any atom is -0.496 e. The first-order chi connectivity index (χ1) is 8.60. The Hall–Kier alpha value is -1.62. The van der Waals surface area contributed by atoms with Gasteiger partial charge in [-0.25, -0.2) is 0 Å². The van der Waals surface area contributed by atoms with Crippen molar-refractivity contribution in [1.82, 2.24) is 0 Å². The number of benzene rings is 1. The average molecular weight is 251 g/mol. The molecule has 1 aromatic rings. The van der Waals surface area contributed by atoms with Crippen molar-refractivity contribution in [3.05, 3.63) is 33.9 Å². The number of aryl methyl sites for hydroxylation is 1. The molecule has 1 aliphatic carbocycles. The van der Waals surface area contributed by atoms with Crippen molar-refractivity contribution >= 4 is 5.69 Å². The molecule has 18 heavy (non-hydrogen) atoms. The second kappa shape index (κ2) is 5.35. The van der Waals surface area contributed by atoms with Crippen molar-refractivity contribution in [1.29, 1.82) is 0 Å². The standard InChI is InChI=1S/C13H17NO4/c1-18-12-7-9(6-11(8-12)14(16)17)2-5-13(15)10-3-4-10/h6-8,10,13,15H,2-5H2,1H3. The number of rotatable bonds is 6. The van der Waals surface area contributed by atoms with Crippen LogP contribution in [0, 0.1) is 16.0 Å². The summed E-state index contributed by atoms with van der Waals surface area (Å²) < 4.78 is 5.05. The topological polar surface area (TPSA) is 72.6 Å². The summed E-state index contributed by atoms with van der Waals surface area (Å²) in [7, 11) is 1.49. The third kappa shape index (κ3) is 3.20. The maximum Gasteiger partial charge on any atom is 0.273 e. The van der Waals surface area contributed by atoms with E-state index in [0.717, 1.165) is 18.4 Å². The van der Waals surface area contributed by atoms with Crippen molar-refractivity contribution < 1.29 is 14.8 Å². The molecule has 0 spiro atoms. The zero-order valence-electron chi connectivity index (χ0n) is 10.3. The predicted octanol–water partition coefficient (Wildman–Crippen LogP) is 2.31. The summed E-state index contributed by atoms with van der Waals surface area (Å²) in [6, 6.07) is 4.73. The first-order valence-corrected chi connectivity index (χ1v) is 6.10. The van der Waals surface area contributed by atoms with Crippen LogP contribution in [0.15, 0.2) is 18.2 Å². The molecule has 1 atom stereocenters. The van der Waals surface area contributed by atoms with Crippen molar-refractivity contribution in [3.8, 4) is 5.75 Å². The van der Waals surface area contributed by atoms with E-state index in [9.17, 15) is 15.2 Å². The van der Waals surface area contributed by atoms with Crippen LogP contribution in [-0.4, -0.2) is 23.2 Å². The summed E-state index contributed by atoms with van der Waals surface area (Å²) in [6.07, 6.45) is 3.19. The van der Waals surface area contributed by atoms with Gasteiger partial charge < -0.3 is 9.84 Å². The zero-order valence-corrected chi connectivity index (χ0v) is 10.3. The number of nitro groups is 1. The molecule has 5 heteroatoms. The van der Waals surface area contributed by atoms with Crippen molar-refractivity contribution in [2.24, 2.45) is 5.92 Å². The van der Waals surface area contributed by atoms with Crippen LogP contribution in [0.1, 0.15) is 24.8 Å². The highest BCUT2D eigenvalue weighted by Crippen LogP contribution is 2.34. The molecule has 1 aromatic carbocycles. The van der Waals surface area contributed by atoms with E-state index in [2.05, 4.69) is 0 Å². The first-order valence-electron chi connectivity index (χ1n) is 6.10. The van der Waals surface area contributed by atoms with Gasteiger partial charge in [0.1, 0.15) is 5.75 Å². The lowest BCUT2D eigenvalue weighted by Crippen LogP contribution is -2.10. The molecule has 1 N–H and O–H groups in total. The van der Waals surface area contributed by atoms with E-state index < -0.39 is 4.92 Å². The van der Waals surface area contributed by atoms with Crippen LogP contribution < -0.4 is 4.74 Å². The molecule has 2 rings (SSSR count). The highest BCUT2D eigenvalue weighted by molar-refractivity contribution is 5.42. The molecule has 1 saturated carbocycles. The van der Waals surface area contributed by atoms with E-state index in [1.807, 2.05) is 0 Å². The molecule has 0 saturated heterocycles. The summed E-state index contributed by atoms with van der Waals surface area (Å²) in [6.45, 7) is 0. The Morgan fingerprint density at radius 1 is 1.50 bits per heavy atom. The molecule has 0 aromatic heterocycles. The molecule has 1 fully saturated rings. The van der Waals surface area contributed by atoms with Crippen molar-refractivity contribution in [2.45, 2.75) is 31.8 Å². The molecule has 0 bridgehead atoms. The van der Waals surface area contributed by atoms with Gasteiger partial charge in [0.15, 0.2) is 0 Å². The zero-order chi connectivity index (χ0) is 13.1. The lowest BCUT2D eigenvalue weighted by molar-refractivity contribution is -0.385. The number of ether oxygens (including phenoxy) is 1. The van der Waals surface area contributed by atoms with Crippen LogP contribution in [0.2, 0.25) is 0 Å². The summed E-state index contributed by atoms with van der Waals surface area (Å²) in [4.78, 5) is 10.4. The molecule has 0 amide bonds. The Labute approximate surface area is 106 Å². The van der Waals surface area contributed by atoms with Crippen LogP contribution in [0.5, 0.6) is 5.75 Å². The Morgan fingerprint density at radius 2 is 2.22 bits per heavy atom. The van der Waals surface area contributed by atoms with Gasteiger partial charge in [0, 0.05) is 6.07 Å². The predicted molar refractivity (Wildman–Crippen MR) is 66.7 cm³/mol. The van der Waals surface area contributed by atoms with Gasteiger partial charge in [-0.15, -0.1) is 0 Å². The van der Waals surface area contributed by atoms with Gasteiger partial charge in [-0.2, -0.15) is 0 Å². The summed E-state index contributed by atoms with van der Waals surface area (Å²) in [5.41, 5.74) is 0.867. The molecular weight excluding hydrogens is 234 g/mol. The van der Waals surface area contributed by atoms with Crippen LogP contribution in [0.4, 0.5) is 5.69 Å². The summed E-state index contributed by atoms with van der Waals surface area (Å²) in [5, 5.41) is 20.6. The molecule has 5 nitrogen and oxygen atoms in total. The average Bonchev–Trinajstić information content (AvgIpc) is 3.19. The van der Waals surface area contributed by atoms with Crippen LogP contribution in [0.3, 0.4) is 0 Å². The molecule has 0 heterocycles. The van der Waals surface area contributed by atoms with Crippen molar-refractivity contribution in [2.75, 3.05) is 7.11 Å². The molecule has 0 radical (unpaired) electrons. The largest absolute Gasteiger partial charge is 0.496 e. The van der Waals surface area contributed by atoms with E-state index in [-0.39, 0.29) is 11.8 Å². The minimum atomic E-state index is -0.427. The lowest BCUT2D eigenvalue weighted by Gasteiger charge is -2.09. The second-order valence-electron chi connectivity index (χ2n) is 4.74. The fourth-order valence-corrected chi connectivity index (χ4v) is 2.04. The highest BCUT2D eigenvalue weighted by atomic mass is 16.6. The highest BCUT2D eigenvalue weighted by Gasteiger charge is 2.29. The Morgan fingerprint density at radius 3 is 2.78 bits per heavy atom. The first kappa shape index (κ1) is 12.8. The minimum absolute atomic E-state index is 0.0326. The van der Waals surface area contributed by atoms with Gasteiger partial charge in [0.2, 0.25) is 0 Å². The van der Waals surface area contributed by atoms with Gasteiger partial charge in [0.25, 0.3) is 5.69 Å². The maximum atomic E-state index is 10.8. The third-order valence-electron chi connectivity index (χ3n) is 3.29. The number of hydrogen-bond donors (Lipinski definition) is 1. The van der Waals surface area contributed by atoms with Gasteiger partial charge in [-0.1, -0.05) is 0 Å². The molecule has 0 aliphatic heterocycles. The fraction of sp³-hybridized carbons (Fsp3) is 0.538. The van der Waals surface area contributed by atoms with E-state index in [1.165, 1.54) is 13.2 Å². The quantitative estimate of drug-likeness (QED) is 0.622. The van der Waals surface area contributed by atoms with Gasteiger partial charge in [-0.3, -0.25) is 10.1 Å². The lowest BCUT2D eigenvalue weighted by atomic mass is 10.0. The van der Waals surface area contributed by atoms with Gasteiger partial charge in [0.05, 0.1) is 24.2 Å². The Balaban J connectivity index is 2.05. The fourth-order valence-electron chi connectivity index (χ4n) is 2.04. The van der Waals surface area contributed by atoms with E-state index in [4.69, 9.17) is 4.74 Å². The van der Waals surface area contributed by atoms with E-state index in [1.54, 1.807) is 12.1 Å². The number of nitro benzene ring substituents is 1. The third-order valence-corrected chi connectivity index (χ3v) is 3.29. The molecule has 1 aliphatic rings. The van der Waals surface area contributed by atoms with Crippen LogP contribution in [-0.2, 0) is 6.42 Å². The Kier molecular flexibility index (Phi) is 3.81. The van der Waals surface area contributed by atoms with E-state index >= 15 is 0 Å². The van der Waals surface area contributed by atoms with E-state index in [0.29, 0.717) is 24.5 Å². The SMILES string of the molecule is COc1cc(CCC(O)C2CC2)cc([N+](=O)[O-])c1. The second-order valence-corrected chi connectivity index (χ2v) is 4.74. The van der Waals surface area contributed by atoms with Crippen molar-refractivity contribution in [3.63, 3.8) is 0 Å². The number of hydrogen-bond acceptors (Lipinski definition) is 4. The van der Waals surface area contributed by atoms with Crippen LogP contribution >= 0.6 is 0 Å². The molecular formula is C13H17NO4. The van der Waals surface area contributed by atoms with Gasteiger partial charge in [-0.05, 0) is 43.2 Å². The number of aliphatic hydroxyl groups excluding tert-OH is 1. The number of aliphatic hydroxyl groups is 1. The van der Waals surface area contributed by atoms with Gasteiger partial charge >= 0.3 is 0 Å². The van der Waals surface area contributed by atoms with Crippen LogP contribution in [0.25, 0.3) is 0 Å². The monoisotopic (exact) mass is 251 g/mol.